The number of hydrogen-bond acceptors (Lipinski definition) is 8. The smallest absolute Gasteiger partial charge is 0.224 e. The van der Waals surface area contributed by atoms with Crippen LogP contribution in [0.3, 0.4) is 0 Å². The van der Waals surface area contributed by atoms with Crippen LogP contribution >= 0.6 is 0 Å². The first kappa shape index (κ1) is 38.3. The Bertz CT molecular complexity index is 1960. The number of carbonyl (C=O) groups excluding carboxylic acids is 2. The average Bonchev–Trinajstić information content (AvgIpc) is 3.20. The van der Waals surface area contributed by atoms with Crippen LogP contribution in [0.1, 0.15) is 66.0 Å². The lowest BCUT2D eigenvalue weighted by molar-refractivity contribution is -0.252. The number of nitrogens with two attached hydrogens (primary N) is 1. The zero-order valence-electron chi connectivity index (χ0n) is 30.7. The highest BCUT2D eigenvalue weighted by Crippen LogP contribution is 2.38. The van der Waals surface area contributed by atoms with E-state index < -0.39 is 6.29 Å². The number of likely N-dealkylation sites (N-methyl/N-ethyl adjacent to an activating group) is 1. The summed E-state index contributed by atoms with van der Waals surface area (Å²) >= 11 is 0. The lowest BCUT2D eigenvalue weighted by Gasteiger charge is -2.38. The van der Waals surface area contributed by atoms with Gasteiger partial charge in [-0.05, 0) is 71.6 Å². The Labute approximate surface area is 317 Å². The molecule has 1 fully saturated rings. The van der Waals surface area contributed by atoms with Gasteiger partial charge in [0.25, 0.3) is 0 Å². The van der Waals surface area contributed by atoms with E-state index in [1.54, 1.807) is 12.1 Å². The predicted octanol–water partition coefficient (Wildman–Crippen LogP) is 6.97. The van der Waals surface area contributed by atoms with Gasteiger partial charge in [-0.2, -0.15) is 0 Å². The van der Waals surface area contributed by atoms with E-state index in [0.717, 1.165) is 58.6 Å². The van der Waals surface area contributed by atoms with Gasteiger partial charge in [0.1, 0.15) is 0 Å². The van der Waals surface area contributed by atoms with Crippen LogP contribution in [0, 0.1) is 0 Å². The molecule has 0 bridgehead atoms. The van der Waals surface area contributed by atoms with E-state index in [4.69, 9.17) is 15.2 Å². The molecule has 0 radical (unpaired) electrons. The van der Waals surface area contributed by atoms with Crippen molar-refractivity contribution < 1.29 is 24.2 Å². The van der Waals surface area contributed by atoms with Crippen molar-refractivity contribution in [1.82, 2.24) is 15.2 Å². The number of anilines is 2. The van der Waals surface area contributed by atoms with Crippen molar-refractivity contribution in [2.24, 2.45) is 0 Å². The normalized spacial score (nSPS) is 16.9. The predicted molar refractivity (Wildman–Crippen MR) is 211 cm³/mol. The van der Waals surface area contributed by atoms with E-state index >= 15 is 0 Å². The Morgan fingerprint density at radius 1 is 0.833 bits per heavy atom. The van der Waals surface area contributed by atoms with Crippen LogP contribution in [-0.2, 0) is 38.6 Å². The van der Waals surface area contributed by atoms with Crippen molar-refractivity contribution >= 4 is 23.2 Å². The van der Waals surface area contributed by atoms with E-state index in [1.165, 1.54) is 0 Å². The molecule has 10 nitrogen and oxygen atoms in total. The van der Waals surface area contributed by atoms with E-state index in [-0.39, 0.29) is 43.5 Å². The van der Waals surface area contributed by atoms with Crippen molar-refractivity contribution in [3.05, 3.63) is 149 Å². The molecule has 5 N–H and O–H groups in total. The fourth-order valence-electron chi connectivity index (χ4n) is 6.54. The number of amides is 2. The minimum atomic E-state index is -0.548. The van der Waals surface area contributed by atoms with E-state index in [0.29, 0.717) is 30.8 Å². The summed E-state index contributed by atoms with van der Waals surface area (Å²) in [5, 5.41) is 15.3. The summed E-state index contributed by atoms with van der Waals surface area (Å²) in [5.74, 6) is -0.279. The van der Waals surface area contributed by atoms with E-state index in [1.807, 2.05) is 66.9 Å². The van der Waals surface area contributed by atoms with Gasteiger partial charge >= 0.3 is 0 Å². The van der Waals surface area contributed by atoms with Crippen molar-refractivity contribution in [3.8, 4) is 11.1 Å². The first-order chi connectivity index (χ1) is 26.3. The standard InChI is InChI=1S/C44H49N5O5/c1-49(25-23-37-10-4-5-24-46-37)29-38-27-41(34-17-15-31(30-50)16-18-34)54-44(53-38)35-21-19-33(20-22-35)36-9-6-8-32(26-36)28-47-42(51)13-7-14-43(52)48-40-12-3-2-11-39(40)45/h2-6,8-12,15-22,24,26,38,41,44,50H,7,13-14,23,25,27-30,45H2,1H3,(H,47,51)(H,48,52). The monoisotopic (exact) mass is 727 g/mol. The zero-order valence-corrected chi connectivity index (χ0v) is 30.7. The number of rotatable bonds is 16. The number of nitrogens with zero attached hydrogens (tertiary/aromatic N) is 2. The number of nitrogens with one attached hydrogen (secondary N) is 2. The number of ether oxygens (including phenoxy) is 2. The summed E-state index contributed by atoms with van der Waals surface area (Å²) in [6, 6.07) is 37.4. The number of hydrogen-bond donors (Lipinski definition) is 4. The number of pyridine rings is 1. The van der Waals surface area contributed by atoms with Crippen LogP contribution in [-0.4, -0.2) is 53.0 Å². The van der Waals surface area contributed by atoms with Crippen molar-refractivity contribution in [1.29, 1.82) is 0 Å². The zero-order chi connectivity index (χ0) is 37.7. The molecule has 1 aliphatic rings. The Kier molecular flexibility index (Phi) is 13.6. The second kappa shape index (κ2) is 19.1. The summed E-state index contributed by atoms with van der Waals surface area (Å²) in [7, 11) is 2.11. The molecule has 0 saturated carbocycles. The highest BCUT2D eigenvalue weighted by molar-refractivity contribution is 5.94. The van der Waals surface area contributed by atoms with Gasteiger partial charge in [-0.25, -0.2) is 0 Å². The van der Waals surface area contributed by atoms with Crippen LogP contribution in [0.4, 0.5) is 11.4 Å². The molecule has 5 aromatic rings. The second-order valence-electron chi connectivity index (χ2n) is 13.8. The summed E-state index contributed by atoms with van der Waals surface area (Å²) in [6.07, 6.45) is 3.55. The van der Waals surface area contributed by atoms with Gasteiger partial charge < -0.3 is 35.8 Å². The lowest BCUT2D eigenvalue weighted by Crippen LogP contribution is -2.38. The molecule has 54 heavy (non-hydrogen) atoms. The quantitative estimate of drug-likeness (QED) is 0.0800. The maximum absolute atomic E-state index is 12.6. The van der Waals surface area contributed by atoms with Crippen LogP contribution in [0.25, 0.3) is 11.1 Å². The van der Waals surface area contributed by atoms with Crippen molar-refractivity contribution in [3.63, 3.8) is 0 Å². The lowest BCUT2D eigenvalue weighted by atomic mass is 9.99. The molecular formula is C44H49N5O5. The molecule has 1 aliphatic heterocycles. The van der Waals surface area contributed by atoms with Crippen LogP contribution in [0.5, 0.6) is 0 Å². The number of para-hydroxylation sites is 2. The molecule has 3 atom stereocenters. The SMILES string of the molecule is CN(CCc1ccccn1)CC1CC(c2ccc(CO)cc2)OC(c2ccc(-c3cccc(CNC(=O)CCCC(=O)Nc4ccccc4N)c3)cc2)O1. The summed E-state index contributed by atoms with van der Waals surface area (Å²) in [6.45, 7) is 2.00. The Morgan fingerprint density at radius 2 is 1.59 bits per heavy atom. The highest BCUT2D eigenvalue weighted by atomic mass is 16.7. The van der Waals surface area contributed by atoms with Gasteiger partial charge in [0.05, 0.1) is 30.2 Å². The van der Waals surface area contributed by atoms with Crippen LogP contribution in [0.2, 0.25) is 0 Å². The molecule has 3 unspecified atom stereocenters. The Balaban J connectivity index is 1.04. The average molecular weight is 728 g/mol. The van der Waals surface area contributed by atoms with Crippen molar-refractivity contribution in [2.45, 2.75) is 63.8 Å². The van der Waals surface area contributed by atoms with E-state index in [9.17, 15) is 14.7 Å². The Hall–Kier alpha value is -5.39. The largest absolute Gasteiger partial charge is 0.397 e. The minimum Gasteiger partial charge on any atom is -0.397 e. The molecule has 4 aromatic carbocycles. The highest BCUT2D eigenvalue weighted by Gasteiger charge is 2.32. The molecule has 6 rings (SSSR count). The first-order valence-corrected chi connectivity index (χ1v) is 18.5. The van der Waals surface area contributed by atoms with Crippen LogP contribution in [0.15, 0.2) is 121 Å². The Morgan fingerprint density at radius 3 is 2.35 bits per heavy atom. The number of aliphatic hydroxyl groups excluding tert-OH is 1. The van der Waals surface area contributed by atoms with Crippen molar-refractivity contribution in [2.75, 3.05) is 31.2 Å². The van der Waals surface area contributed by atoms with Gasteiger partial charge in [0, 0.05) is 62.8 Å². The molecule has 0 aliphatic carbocycles. The second-order valence-corrected chi connectivity index (χ2v) is 13.8. The maximum Gasteiger partial charge on any atom is 0.224 e. The topological polar surface area (TPSA) is 139 Å². The summed E-state index contributed by atoms with van der Waals surface area (Å²) in [5.41, 5.74) is 13.9. The van der Waals surface area contributed by atoms with E-state index in [2.05, 4.69) is 70.0 Å². The number of nitrogen functional groups attached to an aromatic ring is 1. The van der Waals surface area contributed by atoms with Crippen LogP contribution < -0.4 is 16.4 Å². The third kappa shape index (κ3) is 11.1. The van der Waals surface area contributed by atoms with Gasteiger partial charge in [-0.15, -0.1) is 0 Å². The maximum atomic E-state index is 12.6. The molecule has 1 saturated heterocycles. The third-order valence-corrected chi connectivity index (χ3v) is 9.58. The van der Waals surface area contributed by atoms with Gasteiger partial charge in [0.2, 0.25) is 11.8 Å². The number of benzene rings is 4. The number of aliphatic hydroxyl groups is 1. The van der Waals surface area contributed by atoms with Gasteiger partial charge in [-0.1, -0.05) is 84.9 Å². The number of aromatic nitrogens is 1. The minimum absolute atomic E-state index is 0.000879. The summed E-state index contributed by atoms with van der Waals surface area (Å²) in [4.78, 5) is 31.6. The molecule has 2 amide bonds. The molecule has 1 aromatic heterocycles. The molecule has 10 heteroatoms. The molecule has 280 valence electrons. The molecule has 0 spiro atoms. The first-order valence-electron chi connectivity index (χ1n) is 18.5. The fraction of sp³-hybridized carbons (Fsp3) is 0.295. The fourth-order valence-corrected chi connectivity index (χ4v) is 6.54. The molecule has 2 heterocycles. The molecular weight excluding hydrogens is 679 g/mol. The summed E-state index contributed by atoms with van der Waals surface area (Å²) < 4.78 is 13.2. The number of carbonyl (C=O) groups is 2. The third-order valence-electron chi connectivity index (χ3n) is 9.58. The van der Waals surface area contributed by atoms with Gasteiger partial charge in [-0.3, -0.25) is 14.6 Å². The van der Waals surface area contributed by atoms with Gasteiger partial charge in [0.15, 0.2) is 6.29 Å².